The van der Waals surface area contributed by atoms with Gasteiger partial charge in [-0.1, -0.05) is 18.2 Å². The van der Waals surface area contributed by atoms with E-state index in [0.717, 1.165) is 11.3 Å². The highest BCUT2D eigenvalue weighted by Gasteiger charge is 2.26. The van der Waals surface area contributed by atoms with E-state index in [9.17, 15) is 18.0 Å². The molecule has 1 aromatic rings. The molecule has 0 bridgehead atoms. The van der Waals surface area contributed by atoms with Crippen LogP contribution in [0.15, 0.2) is 24.3 Å². The first-order valence-corrected chi connectivity index (χ1v) is 6.08. The van der Waals surface area contributed by atoms with Gasteiger partial charge in [-0.15, -0.1) is 0 Å². The fraction of sp³-hybridized carbons (Fsp3) is 0.462. The number of carbonyl (C=O) groups is 1. The zero-order valence-electron chi connectivity index (χ0n) is 11.1. The van der Waals surface area contributed by atoms with Crippen molar-refractivity contribution in [2.75, 3.05) is 26.7 Å². The van der Waals surface area contributed by atoms with E-state index in [4.69, 9.17) is 4.74 Å². The molecule has 0 aromatic heterocycles. The maximum atomic E-state index is 11.9. The Morgan fingerprint density at radius 1 is 1.30 bits per heavy atom. The summed E-state index contributed by atoms with van der Waals surface area (Å²) < 4.78 is 40.7. The normalized spacial score (nSPS) is 11.2. The van der Waals surface area contributed by atoms with Crippen molar-refractivity contribution in [3.8, 4) is 5.75 Å². The van der Waals surface area contributed by atoms with Gasteiger partial charge >= 0.3 is 6.18 Å². The molecule has 1 amide bonds. The van der Waals surface area contributed by atoms with E-state index in [0.29, 0.717) is 13.0 Å². The fourth-order valence-electron chi connectivity index (χ4n) is 1.63. The van der Waals surface area contributed by atoms with Crippen LogP contribution in [0.2, 0.25) is 0 Å². The minimum absolute atomic E-state index is 0.340. The molecule has 0 unspecified atom stereocenters. The lowest BCUT2D eigenvalue weighted by molar-refractivity contribution is -0.128. The maximum Gasteiger partial charge on any atom is 0.401 e. The van der Waals surface area contributed by atoms with E-state index in [2.05, 4.69) is 5.32 Å². The Kier molecular flexibility index (Phi) is 6.30. The van der Waals surface area contributed by atoms with Gasteiger partial charge in [-0.25, -0.2) is 0 Å². The summed E-state index contributed by atoms with van der Waals surface area (Å²) >= 11 is 0. The fourth-order valence-corrected chi connectivity index (χ4v) is 1.63. The molecule has 7 heteroatoms. The standard InChI is InChI=1S/C13H17F3N2O2/c1-20-11-5-3-2-4-10(11)6-7-18-12(19)8-17-9-13(14,15)16/h2-5,17H,6-9H2,1H3,(H,18,19). The van der Waals surface area contributed by atoms with Crippen molar-refractivity contribution in [2.45, 2.75) is 12.6 Å². The van der Waals surface area contributed by atoms with Gasteiger partial charge in [0.1, 0.15) is 5.75 Å². The number of halogens is 3. The Bertz CT molecular complexity index is 436. The predicted octanol–water partition coefficient (Wildman–Crippen LogP) is 1.51. The van der Waals surface area contributed by atoms with E-state index in [1.165, 1.54) is 0 Å². The van der Waals surface area contributed by atoms with E-state index >= 15 is 0 Å². The number of para-hydroxylation sites is 1. The molecular formula is C13H17F3N2O2. The van der Waals surface area contributed by atoms with Crippen LogP contribution in [0.4, 0.5) is 13.2 Å². The predicted molar refractivity (Wildman–Crippen MR) is 68.6 cm³/mol. The van der Waals surface area contributed by atoms with Crippen molar-refractivity contribution >= 4 is 5.91 Å². The number of hydrogen-bond donors (Lipinski definition) is 2. The number of hydrogen-bond acceptors (Lipinski definition) is 3. The van der Waals surface area contributed by atoms with Crippen LogP contribution in [0, 0.1) is 0 Å². The molecule has 0 atom stereocenters. The third-order valence-corrected chi connectivity index (χ3v) is 2.52. The van der Waals surface area contributed by atoms with E-state index in [1.54, 1.807) is 7.11 Å². The van der Waals surface area contributed by atoms with Crippen LogP contribution in [-0.4, -0.2) is 38.8 Å². The molecule has 112 valence electrons. The van der Waals surface area contributed by atoms with Crippen molar-refractivity contribution < 1.29 is 22.7 Å². The summed E-state index contributed by atoms with van der Waals surface area (Å²) in [4.78, 5) is 11.3. The second kappa shape index (κ2) is 7.74. The van der Waals surface area contributed by atoms with E-state index in [1.807, 2.05) is 29.6 Å². The number of methoxy groups -OCH3 is 1. The first-order chi connectivity index (χ1) is 9.42. The maximum absolute atomic E-state index is 11.9. The van der Waals surface area contributed by atoms with Gasteiger partial charge in [0.05, 0.1) is 20.2 Å². The summed E-state index contributed by atoms with van der Waals surface area (Å²) in [5, 5.41) is 4.58. The topological polar surface area (TPSA) is 50.4 Å². The van der Waals surface area contributed by atoms with E-state index in [-0.39, 0.29) is 6.54 Å². The van der Waals surface area contributed by atoms with Gasteiger partial charge in [0, 0.05) is 6.54 Å². The molecule has 20 heavy (non-hydrogen) atoms. The number of rotatable bonds is 7. The third kappa shape index (κ3) is 6.42. The van der Waals surface area contributed by atoms with Crippen LogP contribution in [0.1, 0.15) is 5.56 Å². The molecule has 0 aliphatic carbocycles. The first kappa shape index (κ1) is 16.3. The van der Waals surface area contributed by atoms with E-state index < -0.39 is 18.6 Å². The summed E-state index contributed by atoms with van der Waals surface area (Å²) in [6, 6.07) is 7.36. The van der Waals surface area contributed by atoms with Crippen LogP contribution < -0.4 is 15.4 Å². The second-order valence-corrected chi connectivity index (χ2v) is 4.13. The molecule has 0 fully saturated rings. The Labute approximate surface area is 115 Å². The number of alkyl halides is 3. The lowest BCUT2D eigenvalue weighted by Gasteiger charge is -2.10. The Morgan fingerprint density at radius 2 is 2.00 bits per heavy atom. The average Bonchev–Trinajstić information content (AvgIpc) is 2.38. The molecule has 0 aliphatic rings. The van der Waals surface area contributed by atoms with Crippen molar-refractivity contribution in [3.63, 3.8) is 0 Å². The van der Waals surface area contributed by atoms with Crippen LogP contribution in [-0.2, 0) is 11.2 Å². The SMILES string of the molecule is COc1ccccc1CCNC(=O)CNCC(F)(F)F. The largest absolute Gasteiger partial charge is 0.496 e. The lowest BCUT2D eigenvalue weighted by Crippen LogP contribution is -2.38. The van der Waals surface area contributed by atoms with Crippen LogP contribution in [0.3, 0.4) is 0 Å². The molecule has 0 radical (unpaired) electrons. The summed E-state index contributed by atoms with van der Waals surface area (Å²) in [5.41, 5.74) is 0.929. The van der Waals surface area contributed by atoms with Gasteiger partial charge in [0.15, 0.2) is 0 Å². The highest BCUT2D eigenvalue weighted by Crippen LogP contribution is 2.17. The van der Waals surface area contributed by atoms with Crippen molar-refractivity contribution in [2.24, 2.45) is 0 Å². The molecule has 2 N–H and O–H groups in total. The van der Waals surface area contributed by atoms with Crippen LogP contribution >= 0.6 is 0 Å². The van der Waals surface area contributed by atoms with Gasteiger partial charge in [-0.05, 0) is 18.1 Å². The molecule has 0 aliphatic heterocycles. The number of amides is 1. The van der Waals surface area contributed by atoms with Gasteiger partial charge in [0.2, 0.25) is 5.91 Å². The quantitative estimate of drug-likeness (QED) is 0.800. The number of benzene rings is 1. The molecular weight excluding hydrogens is 273 g/mol. The molecule has 1 aromatic carbocycles. The first-order valence-electron chi connectivity index (χ1n) is 6.08. The monoisotopic (exact) mass is 290 g/mol. The highest BCUT2D eigenvalue weighted by atomic mass is 19.4. The highest BCUT2D eigenvalue weighted by molar-refractivity contribution is 5.77. The van der Waals surface area contributed by atoms with Gasteiger partial charge in [0.25, 0.3) is 0 Å². The molecule has 0 spiro atoms. The lowest BCUT2D eigenvalue weighted by atomic mass is 10.1. The van der Waals surface area contributed by atoms with Gasteiger partial charge < -0.3 is 15.4 Å². The third-order valence-electron chi connectivity index (χ3n) is 2.52. The molecule has 0 heterocycles. The van der Waals surface area contributed by atoms with Crippen molar-refractivity contribution in [1.82, 2.24) is 10.6 Å². The molecule has 0 saturated heterocycles. The van der Waals surface area contributed by atoms with Crippen molar-refractivity contribution in [1.29, 1.82) is 0 Å². The number of nitrogens with one attached hydrogen (secondary N) is 2. The molecule has 0 saturated carbocycles. The van der Waals surface area contributed by atoms with Gasteiger partial charge in [-0.2, -0.15) is 13.2 Å². The summed E-state index contributed by atoms with van der Waals surface area (Å²) in [6.45, 7) is -1.19. The summed E-state index contributed by atoms with van der Waals surface area (Å²) in [5.74, 6) is 0.251. The van der Waals surface area contributed by atoms with Gasteiger partial charge in [-0.3, -0.25) is 4.79 Å². The summed E-state index contributed by atoms with van der Waals surface area (Å²) in [6.07, 6.45) is -3.76. The molecule has 4 nitrogen and oxygen atoms in total. The zero-order chi connectivity index (χ0) is 15.0. The molecule has 1 rings (SSSR count). The second-order valence-electron chi connectivity index (χ2n) is 4.13. The van der Waals surface area contributed by atoms with Crippen molar-refractivity contribution in [3.05, 3.63) is 29.8 Å². The average molecular weight is 290 g/mol. The van der Waals surface area contributed by atoms with Crippen LogP contribution in [0.5, 0.6) is 5.75 Å². The smallest absolute Gasteiger partial charge is 0.401 e. The Balaban J connectivity index is 2.25. The number of carbonyl (C=O) groups excluding carboxylic acids is 1. The minimum Gasteiger partial charge on any atom is -0.496 e. The Morgan fingerprint density at radius 3 is 2.65 bits per heavy atom. The summed E-state index contributed by atoms with van der Waals surface area (Å²) in [7, 11) is 1.55. The van der Waals surface area contributed by atoms with Crippen LogP contribution in [0.25, 0.3) is 0 Å². The number of ether oxygens (including phenoxy) is 1. The zero-order valence-corrected chi connectivity index (χ0v) is 11.1. The minimum atomic E-state index is -4.31. The Hall–Kier alpha value is -1.76.